The Hall–Kier alpha value is -1.79. The maximum atomic E-state index is 14.7. The highest BCUT2D eigenvalue weighted by Gasteiger charge is 2.65. The smallest absolute Gasteiger partial charge is 0.125 e. The van der Waals surface area contributed by atoms with Gasteiger partial charge in [0.1, 0.15) is 7.14 Å². The summed E-state index contributed by atoms with van der Waals surface area (Å²) < 4.78 is 14.7. The van der Waals surface area contributed by atoms with Crippen molar-refractivity contribution in [3.63, 3.8) is 0 Å². The van der Waals surface area contributed by atoms with E-state index in [0.717, 1.165) is 23.0 Å². The van der Waals surface area contributed by atoms with Crippen LogP contribution in [0, 0.1) is 23.2 Å². The Balaban J connectivity index is 1.65. The number of hydrogen-bond donors (Lipinski definition) is 1. The molecule has 6 rings (SSSR count). The van der Waals surface area contributed by atoms with Crippen LogP contribution in [0.3, 0.4) is 0 Å². The fourth-order valence-corrected chi connectivity index (χ4v) is 10.3. The second-order valence-corrected chi connectivity index (χ2v) is 12.3. The molecule has 0 aromatic heterocycles. The lowest BCUT2D eigenvalue weighted by atomic mass is 9.45. The van der Waals surface area contributed by atoms with Gasteiger partial charge in [0.05, 0.1) is 0 Å². The van der Waals surface area contributed by atoms with Gasteiger partial charge < -0.3 is 10.3 Å². The third-order valence-corrected chi connectivity index (χ3v) is 11.5. The van der Waals surface area contributed by atoms with E-state index in [1.165, 1.54) is 12.0 Å². The molecule has 2 N–H and O–H groups in total. The average molecular weight is 377 g/mol. The zero-order chi connectivity index (χ0) is 18.8. The van der Waals surface area contributed by atoms with Gasteiger partial charge in [-0.15, -0.1) is 0 Å². The molecular formula is C24H28NOP. The van der Waals surface area contributed by atoms with Crippen LogP contribution in [0.25, 0.3) is 5.31 Å². The third kappa shape index (κ3) is 2.36. The molecule has 2 aromatic carbocycles. The molecule has 2 bridgehead atoms. The fourth-order valence-electron chi connectivity index (χ4n) is 6.20. The predicted molar refractivity (Wildman–Crippen MR) is 113 cm³/mol. The van der Waals surface area contributed by atoms with Crippen LogP contribution in [0.1, 0.15) is 37.8 Å². The van der Waals surface area contributed by atoms with Gasteiger partial charge in [-0.05, 0) is 41.2 Å². The normalized spacial score (nSPS) is 36.2. The first-order chi connectivity index (χ1) is 12.9. The molecule has 0 amide bonds. The summed E-state index contributed by atoms with van der Waals surface area (Å²) >= 11 is 0. The highest BCUT2D eigenvalue weighted by molar-refractivity contribution is 7.74. The van der Waals surface area contributed by atoms with Crippen LogP contribution in [0.5, 0.6) is 0 Å². The van der Waals surface area contributed by atoms with E-state index in [0.29, 0.717) is 23.4 Å². The summed E-state index contributed by atoms with van der Waals surface area (Å²) in [5.41, 5.74) is 10.6. The average Bonchev–Trinajstić information content (AvgIpc) is 2.90. The predicted octanol–water partition coefficient (Wildman–Crippen LogP) is 5.94. The molecule has 140 valence electrons. The van der Waals surface area contributed by atoms with E-state index in [1.54, 1.807) is 0 Å². The van der Waals surface area contributed by atoms with Crippen molar-refractivity contribution in [2.24, 2.45) is 28.9 Å². The first-order valence-electron chi connectivity index (χ1n) is 10.1. The number of allylic oxidation sites excluding steroid dienone is 1. The molecule has 2 nitrogen and oxygen atoms in total. The number of rotatable bonds is 3. The largest absolute Gasteiger partial charge is 0.401 e. The molecule has 0 radical (unpaired) electrons. The van der Waals surface area contributed by atoms with Crippen LogP contribution in [-0.4, -0.2) is 5.66 Å². The minimum atomic E-state index is -2.62. The molecule has 1 heterocycles. The first kappa shape index (κ1) is 17.3. The van der Waals surface area contributed by atoms with Gasteiger partial charge in [0, 0.05) is 28.8 Å². The van der Waals surface area contributed by atoms with Crippen molar-refractivity contribution in [1.82, 2.24) is 0 Å². The Bertz CT molecular complexity index is 947. The molecule has 5 atom stereocenters. The Morgan fingerprint density at radius 1 is 1.00 bits per heavy atom. The molecule has 3 saturated carbocycles. The molecule has 3 heteroatoms. The summed E-state index contributed by atoms with van der Waals surface area (Å²) in [5.74, 6) is 1.55. The van der Waals surface area contributed by atoms with E-state index in [1.807, 2.05) is 36.4 Å². The minimum absolute atomic E-state index is 0.227. The molecule has 3 aliphatic carbocycles. The van der Waals surface area contributed by atoms with Gasteiger partial charge in [-0.25, -0.2) is 0 Å². The summed E-state index contributed by atoms with van der Waals surface area (Å²) in [5, 5.41) is 0.991. The zero-order valence-corrected chi connectivity index (χ0v) is 17.0. The minimum Gasteiger partial charge on any atom is -0.401 e. The van der Waals surface area contributed by atoms with Gasteiger partial charge in [0.15, 0.2) is 0 Å². The molecule has 0 unspecified atom stereocenters. The van der Waals surface area contributed by atoms with Crippen molar-refractivity contribution in [3.05, 3.63) is 77.5 Å². The van der Waals surface area contributed by atoms with Gasteiger partial charge in [0.2, 0.25) is 0 Å². The number of nitrogens with two attached hydrogens (primary N) is 1. The second-order valence-electron chi connectivity index (χ2n) is 9.30. The lowest BCUT2D eigenvalue weighted by molar-refractivity contribution is -0.0903. The number of hydrogen-bond acceptors (Lipinski definition) is 2. The van der Waals surface area contributed by atoms with Gasteiger partial charge in [-0.3, -0.25) is 0 Å². The Labute approximate surface area is 162 Å². The van der Waals surface area contributed by atoms with Crippen LogP contribution in [-0.2, 0) is 10.7 Å². The van der Waals surface area contributed by atoms with Gasteiger partial charge in [-0.1, -0.05) is 74.5 Å². The molecule has 4 aliphatic rings. The van der Waals surface area contributed by atoms with E-state index < -0.39 is 7.14 Å². The summed E-state index contributed by atoms with van der Waals surface area (Å²) in [7, 11) is -2.62. The molecule has 2 aromatic rings. The van der Waals surface area contributed by atoms with E-state index in [-0.39, 0.29) is 11.6 Å². The van der Waals surface area contributed by atoms with E-state index in [2.05, 4.69) is 38.1 Å². The highest BCUT2D eigenvalue weighted by atomic mass is 31.2. The van der Waals surface area contributed by atoms with Crippen LogP contribution in [0.4, 0.5) is 0 Å². The maximum absolute atomic E-state index is 14.7. The van der Waals surface area contributed by atoms with Crippen LogP contribution < -0.4 is 5.73 Å². The summed E-state index contributed by atoms with van der Waals surface area (Å²) in [6.07, 6.45) is 2.96. The summed E-state index contributed by atoms with van der Waals surface area (Å²) in [4.78, 5) is 0. The van der Waals surface area contributed by atoms with Crippen molar-refractivity contribution >= 4 is 12.5 Å². The van der Waals surface area contributed by atoms with Crippen LogP contribution in [0.2, 0.25) is 0 Å². The second kappa shape index (κ2) is 5.85. The molecule has 0 spiro atoms. The van der Waals surface area contributed by atoms with E-state index in [9.17, 15) is 4.57 Å². The lowest BCUT2D eigenvalue weighted by Crippen LogP contribution is -2.57. The molecule has 27 heavy (non-hydrogen) atoms. The van der Waals surface area contributed by atoms with Crippen molar-refractivity contribution in [1.29, 1.82) is 0 Å². The van der Waals surface area contributed by atoms with Gasteiger partial charge in [0.25, 0.3) is 0 Å². The van der Waals surface area contributed by atoms with Gasteiger partial charge >= 0.3 is 0 Å². The zero-order valence-electron chi connectivity index (χ0n) is 16.1. The Kier molecular flexibility index (Phi) is 3.75. The monoisotopic (exact) mass is 377 g/mol. The first-order valence-corrected chi connectivity index (χ1v) is 12.1. The fraction of sp³-hybridized carbons (Fsp3) is 0.417. The SMILES string of the molecule is CC1(C)[C@H]2C[C@@H]3[C@H](C(N)=C(c4ccccc4)[P@@]3(=O)Cc3ccccc3)[C@@H]1C2. The molecule has 0 saturated heterocycles. The Morgan fingerprint density at radius 3 is 2.26 bits per heavy atom. The maximum Gasteiger partial charge on any atom is 0.125 e. The van der Waals surface area contributed by atoms with Crippen molar-refractivity contribution in [2.45, 2.75) is 38.5 Å². The van der Waals surface area contributed by atoms with Gasteiger partial charge in [-0.2, -0.15) is 0 Å². The summed E-state index contributed by atoms with van der Waals surface area (Å²) in [6.45, 7) is 4.77. The third-order valence-electron chi connectivity index (χ3n) is 7.77. The Morgan fingerprint density at radius 2 is 1.63 bits per heavy atom. The topological polar surface area (TPSA) is 43.1 Å². The molecular weight excluding hydrogens is 349 g/mol. The standard InChI is InChI=1S/C24H28NOP/c1-24(2)18-13-19(24)21-20(14-18)27(26,15-16-9-5-3-6-10-16)23(22(21)25)17-11-7-4-8-12-17/h3-12,18-21H,13-15,25H2,1-2H3/t18-,19+,20-,21-,27-/m1/s1. The molecule has 3 fully saturated rings. The highest BCUT2D eigenvalue weighted by Crippen LogP contribution is 2.79. The van der Waals surface area contributed by atoms with Crippen LogP contribution >= 0.6 is 7.14 Å². The van der Waals surface area contributed by atoms with Crippen molar-refractivity contribution in [2.75, 3.05) is 0 Å². The summed E-state index contributed by atoms with van der Waals surface area (Å²) in [6, 6.07) is 20.6. The van der Waals surface area contributed by atoms with Crippen LogP contribution in [0.15, 0.2) is 66.4 Å². The molecule has 1 aliphatic heterocycles. The number of benzene rings is 2. The lowest BCUT2D eigenvalue weighted by Gasteiger charge is -2.62. The van der Waals surface area contributed by atoms with Crippen molar-refractivity contribution in [3.8, 4) is 0 Å². The van der Waals surface area contributed by atoms with Crippen molar-refractivity contribution < 1.29 is 4.57 Å². The quantitative estimate of drug-likeness (QED) is 0.673. The van der Waals surface area contributed by atoms with E-state index in [4.69, 9.17) is 5.73 Å². The van der Waals surface area contributed by atoms with E-state index >= 15 is 0 Å².